The van der Waals surface area contributed by atoms with Crippen LogP contribution in [0.2, 0.25) is 0 Å². The standard InChI is InChI=1S/C17H18BF6N5/c1-29(2)5-3-4-25-14-13(18)9-26-15(28-14)27-12-7-10(16(19,20)21)6-11(8-12)17(22,23)24/h6-9H,3-5H2,1-2H3,(H2,25,26,27,28). The number of halogens is 6. The Morgan fingerprint density at radius 3 is 2.10 bits per heavy atom. The molecule has 0 saturated heterocycles. The molecule has 1 aromatic heterocycles. The van der Waals surface area contributed by atoms with E-state index in [1.165, 1.54) is 6.20 Å². The summed E-state index contributed by atoms with van der Waals surface area (Å²) in [6, 6.07) is 1.16. The van der Waals surface area contributed by atoms with Crippen molar-refractivity contribution in [2.24, 2.45) is 0 Å². The molecule has 2 N–H and O–H groups in total. The van der Waals surface area contributed by atoms with Crippen LogP contribution >= 0.6 is 0 Å². The third-order valence-electron chi connectivity index (χ3n) is 3.74. The van der Waals surface area contributed by atoms with Gasteiger partial charge in [0.05, 0.1) is 11.1 Å². The average Bonchev–Trinajstić information content (AvgIpc) is 2.59. The zero-order valence-corrected chi connectivity index (χ0v) is 15.6. The highest BCUT2D eigenvalue weighted by molar-refractivity contribution is 6.35. The number of alkyl halides is 6. The van der Waals surface area contributed by atoms with Gasteiger partial charge >= 0.3 is 12.4 Å². The number of nitrogens with one attached hydrogen (secondary N) is 2. The molecule has 29 heavy (non-hydrogen) atoms. The van der Waals surface area contributed by atoms with Crippen LogP contribution in [0.15, 0.2) is 24.4 Å². The van der Waals surface area contributed by atoms with Gasteiger partial charge in [-0.15, -0.1) is 0 Å². The molecule has 1 heterocycles. The van der Waals surface area contributed by atoms with E-state index in [0.717, 1.165) is 13.0 Å². The minimum Gasteiger partial charge on any atom is -0.370 e. The first-order valence-corrected chi connectivity index (χ1v) is 8.44. The van der Waals surface area contributed by atoms with Crippen molar-refractivity contribution in [3.63, 3.8) is 0 Å². The van der Waals surface area contributed by atoms with Crippen molar-refractivity contribution < 1.29 is 26.3 Å². The van der Waals surface area contributed by atoms with E-state index in [1.54, 1.807) is 0 Å². The maximum absolute atomic E-state index is 13.0. The van der Waals surface area contributed by atoms with E-state index >= 15 is 0 Å². The molecular weight excluding hydrogens is 399 g/mol. The maximum Gasteiger partial charge on any atom is 0.416 e. The van der Waals surface area contributed by atoms with Crippen LogP contribution in [-0.4, -0.2) is 49.9 Å². The summed E-state index contributed by atoms with van der Waals surface area (Å²) in [5, 5.41) is 5.34. The van der Waals surface area contributed by atoms with Crippen LogP contribution in [0.5, 0.6) is 0 Å². The van der Waals surface area contributed by atoms with Crippen LogP contribution in [0.4, 0.5) is 43.8 Å². The van der Waals surface area contributed by atoms with Crippen molar-refractivity contribution in [3.8, 4) is 0 Å². The highest BCUT2D eigenvalue weighted by Crippen LogP contribution is 2.37. The molecule has 2 aromatic rings. The number of hydrogen-bond acceptors (Lipinski definition) is 5. The summed E-state index contributed by atoms with van der Waals surface area (Å²) in [6.07, 6.45) is -7.92. The minimum atomic E-state index is -4.95. The normalized spacial score (nSPS) is 12.3. The molecule has 2 rings (SSSR count). The lowest BCUT2D eigenvalue weighted by molar-refractivity contribution is -0.143. The van der Waals surface area contributed by atoms with Crippen molar-refractivity contribution in [2.75, 3.05) is 37.8 Å². The summed E-state index contributed by atoms with van der Waals surface area (Å²) in [5.41, 5.74) is -3.13. The van der Waals surface area contributed by atoms with Gasteiger partial charge in [0, 0.05) is 18.4 Å². The predicted octanol–water partition coefficient (Wildman–Crippen LogP) is 3.42. The SMILES string of the molecule is [B]c1cnc(Nc2cc(C(F)(F)F)cc(C(F)(F)F)c2)nc1NCCCN(C)C. The first-order valence-electron chi connectivity index (χ1n) is 8.44. The highest BCUT2D eigenvalue weighted by atomic mass is 19.4. The summed E-state index contributed by atoms with van der Waals surface area (Å²) >= 11 is 0. The highest BCUT2D eigenvalue weighted by Gasteiger charge is 2.37. The molecule has 1 aromatic carbocycles. The van der Waals surface area contributed by atoms with Gasteiger partial charge in [0.25, 0.3) is 0 Å². The van der Waals surface area contributed by atoms with Gasteiger partial charge < -0.3 is 15.5 Å². The molecule has 0 unspecified atom stereocenters. The molecular formula is C17H18BF6N5. The van der Waals surface area contributed by atoms with Gasteiger partial charge in [-0.3, -0.25) is 0 Å². The molecule has 0 spiro atoms. The third kappa shape index (κ3) is 6.80. The van der Waals surface area contributed by atoms with E-state index in [0.29, 0.717) is 18.7 Å². The molecule has 0 amide bonds. The lowest BCUT2D eigenvalue weighted by Crippen LogP contribution is -2.20. The Balaban J connectivity index is 2.25. The topological polar surface area (TPSA) is 53.1 Å². The predicted molar refractivity (Wildman–Crippen MR) is 98.8 cm³/mol. The number of anilines is 3. The van der Waals surface area contributed by atoms with E-state index in [1.807, 2.05) is 19.0 Å². The van der Waals surface area contributed by atoms with Crippen LogP contribution < -0.4 is 16.1 Å². The molecule has 0 aliphatic rings. The van der Waals surface area contributed by atoms with Gasteiger partial charge in [0.15, 0.2) is 0 Å². The van der Waals surface area contributed by atoms with Gasteiger partial charge in [-0.1, -0.05) is 0 Å². The second-order valence-electron chi connectivity index (χ2n) is 6.50. The van der Waals surface area contributed by atoms with Crippen molar-refractivity contribution in [1.29, 1.82) is 0 Å². The number of aromatic nitrogens is 2. The van der Waals surface area contributed by atoms with E-state index in [9.17, 15) is 26.3 Å². The number of hydrogen-bond donors (Lipinski definition) is 2. The molecule has 0 saturated carbocycles. The van der Waals surface area contributed by atoms with Crippen molar-refractivity contribution >= 4 is 30.8 Å². The van der Waals surface area contributed by atoms with Gasteiger partial charge in [-0.25, -0.2) is 4.98 Å². The first-order chi connectivity index (χ1) is 13.4. The van der Waals surface area contributed by atoms with Crippen molar-refractivity contribution in [1.82, 2.24) is 14.9 Å². The van der Waals surface area contributed by atoms with Crippen molar-refractivity contribution in [2.45, 2.75) is 18.8 Å². The fourth-order valence-electron chi connectivity index (χ4n) is 2.35. The summed E-state index contributed by atoms with van der Waals surface area (Å²) in [7, 11) is 9.58. The van der Waals surface area contributed by atoms with Gasteiger partial charge in [-0.2, -0.15) is 31.3 Å². The smallest absolute Gasteiger partial charge is 0.370 e. The van der Waals surface area contributed by atoms with Crippen LogP contribution in [0, 0.1) is 0 Å². The summed E-state index contributed by atoms with van der Waals surface area (Å²) in [6.45, 7) is 1.31. The van der Waals surface area contributed by atoms with Gasteiger partial charge in [0.1, 0.15) is 13.7 Å². The molecule has 2 radical (unpaired) electrons. The Labute approximate surface area is 164 Å². The number of rotatable bonds is 7. The van der Waals surface area contributed by atoms with Gasteiger partial charge in [0.2, 0.25) is 5.95 Å². The average molecular weight is 417 g/mol. The maximum atomic E-state index is 13.0. The molecule has 0 fully saturated rings. The molecule has 0 atom stereocenters. The minimum absolute atomic E-state index is 0.0484. The zero-order chi connectivity index (χ0) is 21.8. The van der Waals surface area contributed by atoms with Gasteiger partial charge in [-0.05, 0) is 50.7 Å². The third-order valence-corrected chi connectivity index (χ3v) is 3.74. The number of benzene rings is 1. The summed E-state index contributed by atoms with van der Waals surface area (Å²) < 4.78 is 77.8. The Kier molecular flexibility index (Phi) is 6.99. The van der Waals surface area contributed by atoms with E-state index < -0.39 is 29.2 Å². The number of nitrogens with zero attached hydrogens (tertiary/aromatic N) is 3. The molecule has 5 nitrogen and oxygen atoms in total. The fourth-order valence-corrected chi connectivity index (χ4v) is 2.35. The fraction of sp³-hybridized carbons (Fsp3) is 0.412. The lowest BCUT2D eigenvalue weighted by atomic mass is 9.99. The molecule has 12 heteroatoms. The summed E-state index contributed by atoms with van der Waals surface area (Å²) in [5.74, 6) is 0.0334. The van der Waals surface area contributed by atoms with Crippen molar-refractivity contribution in [3.05, 3.63) is 35.5 Å². The van der Waals surface area contributed by atoms with Crippen LogP contribution in [0.3, 0.4) is 0 Å². The monoisotopic (exact) mass is 417 g/mol. The van der Waals surface area contributed by atoms with E-state index in [2.05, 4.69) is 20.6 Å². The molecule has 0 aliphatic heterocycles. The Morgan fingerprint density at radius 1 is 1.00 bits per heavy atom. The zero-order valence-electron chi connectivity index (χ0n) is 15.6. The largest absolute Gasteiger partial charge is 0.416 e. The van der Waals surface area contributed by atoms with Crippen LogP contribution in [0.25, 0.3) is 0 Å². The van der Waals surface area contributed by atoms with Crippen LogP contribution in [0.1, 0.15) is 17.5 Å². The molecule has 156 valence electrons. The first kappa shape index (κ1) is 22.8. The Bertz CT molecular complexity index is 806. The quantitative estimate of drug-likeness (QED) is 0.411. The lowest BCUT2D eigenvalue weighted by Gasteiger charge is -2.16. The van der Waals surface area contributed by atoms with Crippen LogP contribution in [-0.2, 0) is 12.4 Å². The van der Waals surface area contributed by atoms with E-state index in [4.69, 9.17) is 7.85 Å². The Morgan fingerprint density at radius 2 is 1.59 bits per heavy atom. The Hall–Kier alpha value is -2.50. The second kappa shape index (κ2) is 8.89. The van der Waals surface area contributed by atoms with E-state index in [-0.39, 0.29) is 23.3 Å². The second-order valence-corrected chi connectivity index (χ2v) is 6.50. The molecule has 0 bridgehead atoms. The molecule has 0 aliphatic carbocycles. The summed E-state index contributed by atoms with van der Waals surface area (Å²) in [4.78, 5) is 9.83.